The number of alkyl carbamates (subject to hydrolysis) is 1. The minimum atomic E-state index is -1.12. The molecular weight excluding hydrogens is 728 g/mol. The molecule has 55 heavy (non-hydrogen) atoms. The molecule has 16 heteroatoms. The highest BCUT2D eigenvalue weighted by Gasteiger charge is 2.26. The number of benzene rings is 4. The number of carbonyl (C=O) groups is 2. The predicted octanol–water partition coefficient (Wildman–Crippen LogP) is 6.73. The Morgan fingerprint density at radius 2 is 1.65 bits per heavy atom. The summed E-state index contributed by atoms with van der Waals surface area (Å²) in [4.78, 5) is 36.1. The van der Waals surface area contributed by atoms with Gasteiger partial charge in [0.15, 0.2) is 11.0 Å². The van der Waals surface area contributed by atoms with Crippen LogP contribution in [0.1, 0.15) is 48.0 Å². The molecule has 0 aliphatic heterocycles. The molecule has 1 amide bonds. The molecule has 6 aromatic rings. The lowest BCUT2D eigenvalue weighted by atomic mass is 9.98. The van der Waals surface area contributed by atoms with Crippen LogP contribution in [-0.2, 0) is 47.0 Å². The lowest BCUT2D eigenvalue weighted by molar-refractivity contribution is -0.497. The molecule has 0 radical (unpaired) electrons. The number of hydrogen-bond acceptors (Lipinski definition) is 12. The van der Waals surface area contributed by atoms with Gasteiger partial charge in [-0.3, -0.25) is 10.4 Å². The maximum atomic E-state index is 13.5. The van der Waals surface area contributed by atoms with Gasteiger partial charge < -0.3 is 19.4 Å². The Morgan fingerprint density at radius 3 is 2.38 bits per heavy atom. The number of unbranched alkanes of at least 4 members (excludes halogenated alkanes) is 1. The molecular formula is C39H39ClN8O7. The number of aromatic nitrogens is 6. The van der Waals surface area contributed by atoms with Crippen molar-refractivity contribution in [3.05, 3.63) is 136 Å². The zero-order chi connectivity index (χ0) is 38.6. The van der Waals surface area contributed by atoms with E-state index >= 15 is 0 Å². The summed E-state index contributed by atoms with van der Waals surface area (Å²) in [6.45, 7) is 2.12. The van der Waals surface area contributed by atoms with Crippen molar-refractivity contribution in [2.75, 3.05) is 0 Å². The van der Waals surface area contributed by atoms with Crippen molar-refractivity contribution >= 4 is 23.7 Å². The smallest absolute Gasteiger partial charge is 0.408 e. The molecule has 284 valence electrons. The average molecular weight is 767 g/mol. The summed E-state index contributed by atoms with van der Waals surface area (Å²) in [5.74, 6) is 0.767. The molecule has 4 N–H and O–H groups in total. The second-order valence-corrected chi connectivity index (χ2v) is 12.9. The monoisotopic (exact) mass is 766 g/mol. The summed E-state index contributed by atoms with van der Waals surface area (Å²) >= 11 is 6.68. The van der Waals surface area contributed by atoms with Gasteiger partial charge in [0.25, 0.3) is 0 Å². The van der Waals surface area contributed by atoms with Crippen molar-refractivity contribution < 1.29 is 34.3 Å². The number of halogens is 1. The summed E-state index contributed by atoms with van der Waals surface area (Å²) in [6, 6.07) is 30.3. The first kappa shape index (κ1) is 38.7. The van der Waals surface area contributed by atoms with Crippen molar-refractivity contribution in [1.82, 2.24) is 40.9 Å². The Labute approximate surface area is 321 Å². The highest BCUT2D eigenvalue weighted by atomic mass is 35.5. The third-order valence-electron chi connectivity index (χ3n) is 8.65. The number of esters is 1. The van der Waals surface area contributed by atoms with Gasteiger partial charge in [0.2, 0.25) is 0 Å². The van der Waals surface area contributed by atoms with Gasteiger partial charge in [-0.15, -0.1) is 5.10 Å². The maximum Gasteiger partial charge on any atom is 0.408 e. The molecule has 15 nitrogen and oxygen atoms in total. The lowest BCUT2D eigenvalue weighted by Crippen LogP contribution is -2.44. The number of ether oxygens (including phenoxy) is 2. The number of imidazole rings is 1. The number of tetrazole rings is 1. The van der Waals surface area contributed by atoms with Gasteiger partial charge in [-0.25, -0.2) is 24.5 Å². The summed E-state index contributed by atoms with van der Waals surface area (Å²) < 4.78 is 13.3. The summed E-state index contributed by atoms with van der Waals surface area (Å²) in [5.41, 5.74) is 5.60. The molecule has 0 saturated heterocycles. The van der Waals surface area contributed by atoms with E-state index in [4.69, 9.17) is 31.5 Å². The Morgan fingerprint density at radius 1 is 0.909 bits per heavy atom. The first-order valence-electron chi connectivity index (χ1n) is 17.5. The van der Waals surface area contributed by atoms with Crippen LogP contribution < -0.4 is 10.1 Å². The molecule has 0 spiro atoms. The van der Waals surface area contributed by atoms with E-state index < -0.39 is 23.5 Å². The van der Waals surface area contributed by atoms with Crippen LogP contribution in [-0.4, -0.2) is 64.1 Å². The minimum Gasteiger partial charge on any atom is -0.443 e. The van der Waals surface area contributed by atoms with Crippen LogP contribution in [0.25, 0.3) is 22.5 Å². The van der Waals surface area contributed by atoms with Crippen molar-refractivity contribution in [3.63, 3.8) is 0 Å². The Balaban J connectivity index is 1.16. The predicted molar refractivity (Wildman–Crippen MR) is 200 cm³/mol. The van der Waals surface area contributed by atoms with Crippen LogP contribution in [0.2, 0.25) is 5.15 Å². The van der Waals surface area contributed by atoms with Gasteiger partial charge in [0, 0.05) is 24.9 Å². The first-order chi connectivity index (χ1) is 26.8. The van der Waals surface area contributed by atoms with E-state index in [-0.39, 0.29) is 30.5 Å². The number of hydrogen-bond donors (Lipinski definition) is 4. The van der Waals surface area contributed by atoms with Gasteiger partial charge in [0.1, 0.15) is 24.2 Å². The van der Waals surface area contributed by atoms with Gasteiger partial charge >= 0.3 is 12.1 Å². The summed E-state index contributed by atoms with van der Waals surface area (Å²) in [6.07, 6.45) is 1.79. The van der Waals surface area contributed by atoms with Gasteiger partial charge in [-0.2, -0.15) is 0 Å². The fourth-order valence-electron chi connectivity index (χ4n) is 5.92. The minimum absolute atomic E-state index is 0.122. The van der Waals surface area contributed by atoms with Crippen molar-refractivity contribution in [2.45, 2.75) is 58.4 Å². The van der Waals surface area contributed by atoms with E-state index in [9.17, 15) is 9.59 Å². The van der Waals surface area contributed by atoms with E-state index in [0.717, 1.165) is 46.5 Å². The van der Waals surface area contributed by atoms with Crippen LogP contribution in [0.15, 0.2) is 103 Å². The van der Waals surface area contributed by atoms with Crippen LogP contribution in [0.4, 0.5) is 4.79 Å². The zero-order valence-corrected chi connectivity index (χ0v) is 30.6. The third kappa shape index (κ3) is 10.6. The zero-order valence-electron chi connectivity index (χ0n) is 29.8. The standard InChI is InChI=1S/C39H39ClN8O7/c1-2-3-16-35-42-36(40)34(47(35)23-27-17-19-29(20-18-27)31-14-7-8-15-32(31)37-43-45-46-44-37)25-53-39(50)41-33(22-26-10-5-4-6-11-26)38(49)55-30-13-9-12-28(21-30)24-54-48(51)52/h4-15,17-21,33,51-52H,2-3,16,22-25H2,1H3,(H,41,50)(H,43,44,45,46). The molecule has 1 unspecified atom stereocenters. The molecule has 0 saturated carbocycles. The van der Waals surface area contributed by atoms with E-state index in [0.29, 0.717) is 30.0 Å². The van der Waals surface area contributed by atoms with Gasteiger partial charge in [-0.05, 0) is 56.8 Å². The molecule has 0 aliphatic carbocycles. The molecule has 0 fully saturated rings. The number of H-pyrrole nitrogens is 1. The van der Waals surface area contributed by atoms with Crippen LogP contribution in [0, 0.1) is 0 Å². The Bertz CT molecular complexity index is 2160. The molecule has 6 rings (SSSR count). The van der Waals surface area contributed by atoms with Gasteiger partial charge in [-0.1, -0.05) is 116 Å². The summed E-state index contributed by atoms with van der Waals surface area (Å²) in [5, 5.41) is 34.5. The fraction of sp³-hybridized carbons (Fsp3) is 0.231. The van der Waals surface area contributed by atoms with Gasteiger partial charge in [0.05, 0.1) is 17.7 Å². The number of amides is 1. The Hall–Kier alpha value is -5.97. The molecule has 4 aromatic carbocycles. The second-order valence-electron chi connectivity index (χ2n) is 12.5. The second kappa shape index (κ2) is 18.9. The fourth-order valence-corrected chi connectivity index (χ4v) is 6.18. The molecule has 2 aromatic heterocycles. The normalized spacial score (nSPS) is 11.7. The van der Waals surface area contributed by atoms with Crippen molar-refractivity contribution in [1.29, 1.82) is 0 Å². The number of nitrogens with one attached hydrogen (secondary N) is 2. The quantitative estimate of drug-likeness (QED) is 0.0436. The van der Waals surface area contributed by atoms with Crippen LogP contribution in [0.3, 0.4) is 0 Å². The van der Waals surface area contributed by atoms with E-state index in [1.165, 1.54) is 6.07 Å². The number of carbonyl (C=O) groups excluding carboxylic acids is 2. The number of aryl methyl sites for hydroxylation is 1. The van der Waals surface area contributed by atoms with Crippen molar-refractivity contribution in [2.24, 2.45) is 0 Å². The number of nitrogens with zero attached hydrogens (tertiary/aromatic N) is 6. The van der Waals surface area contributed by atoms with E-state index in [2.05, 4.69) is 42.7 Å². The van der Waals surface area contributed by atoms with Crippen molar-refractivity contribution in [3.8, 4) is 28.3 Å². The highest BCUT2D eigenvalue weighted by molar-refractivity contribution is 6.30. The number of aromatic amines is 1. The maximum absolute atomic E-state index is 13.5. The first-order valence-corrected chi connectivity index (χ1v) is 17.9. The van der Waals surface area contributed by atoms with Crippen LogP contribution >= 0.6 is 11.6 Å². The third-order valence-corrected chi connectivity index (χ3v) is 8.96. The Kier molecular flexibility index (Phi) is 13.3. The van der Waals surface area contributed by atoms with E-state index in [1.807, 2.05) is 83.4 Å². The molecule has 0 bridgehead atoms. The lowest BCUT2D eigenvalue weighted by Gasteiger charge is -2.18. The molecule has 0 aliphatic rings. The summed E-state index contributed by atoms with van der Waals surface area (Å²) in [7, 11) is 0. The highest BCUT2D eigenvalue weighted by Crippen LogP contribution is 2.30. The SMILES string of the molecule is CCCCc1nc(Cl)c(COC(=O)NC(Cc2ccccc2)C(=O)Oc2cccc(CON(O)O)c2)n1Cc1ccc(-c2ccccc2-c2nnn[nH]2)cc1. The molecule has 1 atom stereocenters. The van der Waals surface area contributed by atoms with E-state index in [1.54, 1.807) is 18.2 Å². The molecule has 2 heterocycles. The van der Waals surface area contributed by atoms with Crippen LogP contribution in [0.5, 0.6) is 5.75 Å². The number of rotatable bonds is 17. The average Bonchev–Trinajstić information content (AvgIpc) is 3.84. The largest absolute Gasteiger partial charge is 0.443 e. The topological polar surface area (TPSA) is 190 Å².